The van der Waals surface area contributed by atoms with Crippen molar-refractivity contribution >= 4 is 30.0 Å². The zero-order valence-electron chi connectivity index (χ0n) is 20.2. The third-order valence-electron chi connectivity index (χ3n) is 5.08. The second kappa shape index (κ2) is 9.81. The Hall–Kier alpha value is -3.74. The molecule has 0 aliphatic rings. The van der Waals surface area contributed by atoms with Crippen molar-refractivity contribution < 1.29 is 0 Å². The molecule has 7 heteroatoms. The average molecular weight is 444 g/mol. The summed E-state index contributed by atoms with van der Waals surface area (Å²) in [5.41, 5.74) is 16.4. The Labute approximate surface area is 196 Å². The maximum Gasteiger partial charge on any atom is 0.224 e. The first-order valence-corrected chi connectivity index (χ1v) is 10.9. The van der Waals surface area contributed by atoms with Gasteiger partial charge in [-0.15, -0.1) is 0 Å². The number of nitrogens with zero attached hydrogens (tertiary/aromatic N) is 4. The molecule has 3 aromatic rings. The number of anilines is 3. The van der Waals surface area contributed by atoms with E-state index in [-0.39, 0.29) is 16.8 Å². The van der Waals surface area contributed by atoms with Crippen LogP contribution in [-0.4, -0.2) is 22.4 Å². The Morgan fingerprint density at radius 1 is 0.667 bits per heavy atom. The second-order valence-corrected chi connectivity index (χ2v) is 9.98. The molecule has 0 saturated carbocycles. The van der Waals surface area contributed by atoms with Gasteiger partial charge in [-0.2, -0.15) is 20.2 Å². The summed E-state index contributed by atoms with van der Waals surface area (Å²) in [7, 11) is 0. The van der Waals surface area contributed by atoms with E-state index in [0.29, 0.717) is 11.6 Å². The monoisotopic (exact) mass is 443 g/mol. The molecule has 0 saturated heterocycles. The van der Waals surface area contributed by atoms with E-state index in [4.69, 9.17) is 5.73 Å². The predicted molar refractivity (Wildman–Crippen MR) is 139 cm³/mol. The summed E-state index contributed by atoms with van der Waals surface area (Å²) in [5, 5.41) is 8.51. The number of hydrogen-bond donors (Lipinski definition) is 3. The van der Waals surface area contributed by atoms with Gasteiger partial charge >= 0.3 is 0 Å². The lowest BCUT2D eigenvalue weighted by Gasteiger charge is -2.18. The first kappa shape index (κ1) is 23.9. The highest BCUT2D eigenvalue weighted by Crippen LogP contribution is 2.22. The highest BCUT2D eigenvalue weighted by molar-refractivity contribution is 5.81. The van der Waals surface area contributed by atoms with Crippen molar-refractivity contribution in [3.8, 4) is 0 Å². The zero-order valence-corrected chi connectivity index (χ0v) is 20.2. The van der Waals surface area contributed by atoms with Crippen molar-refractivity contribution in [2.24, 2.45) is 10.2 Å². The molecule has 33 heavy (non-hydrogen) atoms. The average Bonchev–Trinajstić information content (AvgIpc) is 2.73. The van der Waals surface area contributed by atoms with Crippen LogP contribution in [-0.2, 0) is 10.8 Å². The molecule has 0 bridgehead atoms. The van der Waals surface area contributed by atoms with E-state index in [1.165, 1.54) is 11.1 Å². The molecule has 7 nitrogen and oxygen atoms in total. The Balaban J connectivity index is 1.61. The van der Waals surface area contributed by atoms with Gasteiger partial charge in [-0.25, -0.2) is 0 Å². The van der Waals surface area contributed by atoms with E-state index in [9.17, 15) is 0 Å². The molecule has 0 spiro atoms. The molecular weight excluding hydrogens is 410 g/mol. The zero-order chi connectivity index (χ0) is 24.1. The molecule has 0 aliphatic heterocycles. The van der Waals surface area contributed by atoms with Crippen LogP contribution in [0.2, 0.25) is 0 Å². The minimum atomic E-state index is 0.119. The summed E-state index contributed by atoms with van der Waals surface area (Å²) >= 11 is 0. The van der Waals surface area contributed by atoms with Gasteiger partial charge in [-0.05, 0) is 33.1 Å². The minimum Gasteiger partial charge on any atom is -0.368 e. The summed E-state index contributed by atoms with van der Waals surface area (Å²) in [4.78, 5) is 8.32. The standard InChI is InChI=1S/C26H33N7/c1-25(2,3)20-11-7-18(8-12-20)16-28-32-22-15-23(31-24(27)30-22)33-29-17-19-9-13-21(14-10-19)26(4,5)6/h7-17H,1-6H3,(H4,27,30,31,32,33). The van der Waals surface area contributed by atoms with Crippen LogP contribution in [0.4, 0.5) is 17.6 Å². The molecule has 1 aromatic heterocycles. The van der Waals surface area contributed by atoms with Crippen molar-refractivity contribution in [1.82, 2.24) is 9.97 Å². The molecule has 0 fully saturated rings. The van der Waals surface area contributed by atoms with Crippen LogP contribution in [0.3, 0.4) is 0 Å². The van der Waals surface area contributed by atoms with E-state index >= 15 is 0 Å². The molecule has 0 radical (unpaired) electrons. The van der Waals surface area contributed by atoms with Crippen LogP contribution in [0.25, 0.3) is 0 Å². The molecule has 2 aromatic carbocycles. The van der Waals surface area contributed by atoms with Gasteiger partial charge in [-0.1, -0.05) is 90.1 Å². The number of rotatable bonds is 6. The molecule has 0 atom stereocenters. The minimum absolute atomic E-state index is 0.119. The number of hydrogen-bond acceptors (Lipinski definition) is 7. The van der Waals surface area contributed by atoms with Crippen molar-refractivity contribution in [1.29, 1.82) is 0 Å². The Morgan fingerprint density at radius 2 is 1.03 bits per heavy atom. The normalized spacial score (nSPS) is 12.4. The fraction of sp³-hybridized carbons (Fsp3) is 0.308. The lowest BCUT2D eigenvalue weighted by Crippen LogP contribution is -2.10. The van der Waals surface area contributed by atoms with Crippen molar-refractivity contribution in [2.45, 2.75) is 52.4 Å². The van der Waals surface area contributed by atoms with Crippen LogP contribution in [0.5, 0.6) is 0 Å². The Morgan fingerprint density at radius 3 is 1.36 bits per heavy atom. The van der Waals surface area contributed by atoms with E-state index < -0.39 is 0 Å². The smallest absolute Gasteiger partial charge is 0.224 e. The first-order valence-electron chi connectivity index (χ1n) is 10.9. The van der Waals surface area contributed by atoms with E-state index in [1.807, 2.05) is 24.3 Å². The van der Waals surface area contributed by atoms with Gasteiger partial charge in [0.15, 0.2) is 11.6 Å². The van der Waals surface area contributed by atoms with Gasteiger partial charge in [0.1, 0.15) is 0 Å². The Bertz CT molecular complexity index is 1030. The van der Waals surface area contributed by atoms with Crippen LogP contribution in [0.15, 0.2) is 64.8 Å². The molecule has 0 aliphatic carbocycles. The molecule has 0 unspecified atom stereocenters. The van der Waals surface area contributed by atoms with Gasteiger partial charge in [0, 0.05) is 6.07 Å². The molecule has 1 heterocycles. The molecule has 4 N–H and O–H groups in total. The summed E-state index contributed by atoms with van der Waals surface area (Å²) in [6.07, 6.45) is 3.47. The fourth-order valence-corrected chi connectivity index (χ4v) is 3.06. The maximum absolute atomic E-state index is 5.83. The topological polar surface area (TPSA) is 101 Å². The number of aromatic nitrogens is 2. The second-order valence-electron chi connectivity index (χ2n) is 9.98. The number of hydrazone groups is 2. The van der Waals surface area contributed by atoms with Crippen LogP contribution in [0, 0.1) is 0 Å². The summed E-state index contributed by atoms with van der Waals surface area (Å²) in [6, 6.07) is 18.3. The van der Waals surface area contributed by atoms with Gasteiger partial charge in [-0.3, -0.25) is 10.9 Å². The predicted octanol–water partition coefficient (Wildman–Crippen LogP) is 5.55. The maximum atomic E-state index is 5.83. The highest BCUT2D eigenvalue weighted by atomic mass is 15.3. The molecular formula is C26H33N7. The lowest BCUT2D eigenvalue weighted by atomic mass is 9.87. The number of nitrogen functional groups attached to an aromatic ring is 1. The van der Waals surface area contributed by atoms with Gasteiger partial charge in [0.25, 0.3) is 0 Å². The SMILES string of the molecule is CC(C)(C)c1ccc(C=NNc2cc(NN=Cc3ccc(C(C)(C)C)cc3)nc(N)n2)cc1. The molecule has 3 rings (SSSR count). The van der Waals surface area contributed by atoms with E-state index in [1.54, 1.807) is 18.5 Å². The van der Waals surface area contributed by atoms with E-state index in [2.05, 4.69) is 96.8 Å². The third kappa shape index (κ3) is 7.14. The van der Waals surface area contributed by atoms with Crippen LogP contribution >= 0.6 is 0 Å². The van der Waals surface area contributed by atoms with Crippen molar-refractivity contribution in [3.05, 3.63) is 76.9 Å². The Kier molecular flexibility index (Phi) is 7.11. The number of nitrogens with one attached hydrogen (secondary N) is 2. The van der Waals surface area contributed by atoms with Gasteiger partial charge < -0.3 is 5.73 Å². The lowest BCUT2D eigenvalue weighted by molar-refractivity contribution is 0.590. The van der Waals surface area contributed by atoms with Gasteiger partial charge in [0.2, 0.25) is 5.95 Å². The molecule has 0 amide bonds. The quantitative estimate of drug-likeness (QED) is 0.343. The highest BCUT2D eigenvalue weighted by Gasteiger charge is 2.13. The fourth-order valence-electron chi connectivity index (χ4n) is 3.06. The van der Waals surface area contributed by atoms with Crippen molar-refractivity contribution in [2.75, 3.05) is 16.6 Å². The van der Waals surface area contributed by atoms with Gasteiger partial charge in [0.05, 0.1) is 12.4 Å². The number of benzene rings is 2. The number of nitrogens with two attached hydrogens (primary N) is 1. The largest absolute Gasteiger partial charge is 0.368 e. The van der Waals surface area contributed by atoms with Crippen LogP contribution in [0.1, 0.15) is 63.8 Å². The van der Waals surface area contributed by atoms with E-state index in [0.717, 1.165) is 11.1 Å². The molecule has 172 valence electrons. The van der Waals surface area contributed by atoms with Crippen molar-refractivity contribution in [3.63, 3.8) is 0 Å². The van der Waals surface area contributed by atoms with Crippen LogP contribution < -0.4 is 16.6 Å². The third-order valence-corrected chi connectivity index (χ3v) is 5.08. The first-order chi connectivity index (χ1) is 15.5. The summed E-state index contributed by atoms with van der Waals surface area (Å²) < 4.78 is 0. The summed E-state index contributed by atoms with van der Waals surface area (Å²) in [6.45, 7) is 13.1. The summed E-state index contributed by atoms with van der Waals surface area (Å²) in [5.74, 6) is 1.06.